The summed E-state index contributed by atoms with van der Waals surface area (Å²) < 4.78 is 5.37. The van der Waals surface area contributed by atoms with Crippen molar-refractivity contribution in [3.8, 4) is 10.7 Å². The average molecular weight is 344 g/mol. The molecule has 6 heteroatoms. The van der Waals surface area contributed by atoms with Gasteiger partial charge in [-0.1, -0.05) is 13.0 Å². The Morgan fingerprint density at radius 1 is 1.35 bits per heavy atom. The first-order valence-electron chi connectivity index (χ1n) is 7.29. The molecule has 0 atom stereocenters. The minimum atomic E-state index is -0.287. The molecule has 118 valence electrons. The van der Waals surface area contributed by atoms with E-state index in [1.54, 1.807) is 6.20 Å². The highest BCUT2D eigenvalue weighted by molar-refractivity contribution is 7.14. The molecule has 0 aliphatic heterocycles. The summed E-state index contributed by atoms with van der Waals surface area (Å²) >= 11 is 3.00. The molecule has 0 N–H and O–H groups in total. The molecule has 3 aromatic rings. The van der Waals surface area contributed by atoms with E-state index in [0.717, 1.165) is 28.4 Å². The summed E-state index contributed by atoms with van der Waals surface area (Å²) in [5, 5.41) is 2.73. The van der Waals surface area contributed by atoms with Gasteiger partial charge in [0.2, 0.25) is 0 Å². The maximum atomic E-state index is 12.1. The van der Waals surface area contributed by atoms with Crippen LogP contribution in [-0.4, -0.2) is 15.9 Å². The number of pyridine rings is 1. The van der Waals surface area contributed by atoms with Crippen molar-refractivity contribution in [3.63, 3.8) is 0 Å². The van der Waals surface area contributed by atoms with Gasteiger partial charge in [0, 0.05) is 16.5 Å². The molecule has 0 saturated carbocycles. The van der Waals surface area contributed by atoms with Gasteiger partial charge >= 0.3 is 5.97 Å². The Balaban J connectivity index is 1.64. The van der Waals surface area contributed by atoms with E-state index >= 15 is 0 Å². The van der Waals surface area contributed by atoms with Gasteiger partial charge in [0.05, 0.1) is 11.4 Å². The van der Waals surface area contributed by atoms with E-state index in [9.17, 15) is 4.79 Å². The van der Waals surface area contributed by atoms with Crippen molar-refractivity contribution in [2.45, 2.75) is 26.9 Å². The number of aromatic nitrogens is 2. The lowest BCUT2D eigenvalue weighted by Crippen LogP contribution is -2.03. The third-order valence-electron chi connectivity index (χ3n) is 3.33. The van der Waals surface area contributed by atoms with Gasteiger partial charge in [-0.3, -0.25) is 4.98 Å². The highest BCUT2D eigenvalue weighted by Gasteiger charge is 2.14. The van der Waals surface area contributed by atoms with Crippen LogP contribution < -0.4 is 0 Å². The van der Waals surface area contributed by atoms with Crippen molar-refractivity contribution in [2.24, 2.45) is 0 Å². The van der Waals surface area contributed by atoms with E-state index in [1.807, 2.05) is 36.6 Å². The van der Waals surface area contributed by atoms with Gasteiger partial charge in [-0.05, 0) is 37.1 Å². The summed E-state index contributed by atoms with van der Waals surface area (Å²) in [5.74, 6) is -0.287. The van der Waals surface area contributed by atoms with E-state index in [2.05, 4.69) is 16.9 Å². The number of hydrogen-bond acceptors (Lipinski definition) is 6. The molecule has 3 heterocycles. The first-order valence-corrected chi connectivity index (χ1v) is 8.99. The normalized spacial score (nSPS) is 10.7. The lowest BCUT2D eigenvalue weighted by Gasteiger charge is -2.00. The number of esters is 1. The summed E-state index contributed by atoms with van der Waals surface area (Å²) in [7, 11) is 0. The first kappa shape index (κ1) is 15.8. The topological polar surface area (TPSA) is 52.1 Å². The van der Waals surface area contributed by atoms with Crippen molar-refractivity contribution < 1.29 is 9.53 Å². The van der Waals surface area contributed by atoms with Crippen LogP contribution >= 0.6 is 22.7 Å². The molecule has 0 amide bonds. The Labute approximate surface area is 142 Å². The second-order valence-corrected chi connectivity index (χ2v) is 7.00. The second-order valence-electron chi connectivity index (χ2n) is 5.01. The van der Waals surface area contributed by atoms with Crippen LogP contribution in [0.25, 0.3) is 10.7 Å². The third kappa shape index (κ3) is 3.65. The van der Waals surface area contributed by atoms with Gasteiger partial charge in [0.15, 0.2) is 0 Å². The fourth-order valence-corrected chi connectivity index (χ4v) is 3.95. The van der Waals surface area contributed by atoms with Crippen molar-refractivity contribution >= 4 is 28.6 Å². The maximum absolute atomic E-state index is 12.1. The highest BCUT2D eigenvalue weighted by atomic mass is 32.1. The largest absolute Gasteiger partial charge is 0.455 e. The Morgan fingerprint density at radius 2 is 2.22 bits per heavy atom. The lowest BCUT2D eigenvalue weighted by molar-refractivity contribution is 0.0474. The summed E-state index contributed by atoms with van der Waals surface area (Å²) in [5.41, 5.74) is 2.72. The standard InChI is InChI=1S/C17H16N2O2S2/c1-3-14-11(2)8-15(23-14)17(20)21-9-12-10-22-16(19-12)13-6-4-5-7-18-13/h4-8,10H,3,9H2,1-2H3. The molecule has 0 saturated heterocycles. The summed E-state index contributed by atoms with van der Waals surface area (Å²) in [4.78, 5) is 22.7. The molecule has 3 rings (SSSR count). The summed E-state index contributed by atoms with van der Waals surface area (Å²) in [6, 6.07) is 7.60. The van der Waals surface area contributed by atoms with Gasteiger partial charge in [0.25, 0.3) is 0 Å². The number of thiazole rings is 1. The van der Waals surface area contributed by atoms with Gasteiger partial charge in [-0.2, -0.15) is 0 Å². The maximum Gasteiger partial charge on any atom is 0.348 e. The average Bonchev–Trinajstić information content (AvgIpc) is 3.20. The molecule has 0 bridgehead atoms. The molecule has 0 aliphatic carbocycles. The Morgan fingerprint density at radius 3 is 2.91 bits per heavy atom. The van der Waals surface area contributed by atoms with Crippen LogP contribution in [0.1, 0.15) is 32.7 Å². The number of thiophene rings is 1. The van der Waals surface area contributed by atoms with Crippen LogP contribution in [0.15, 0.2) is 35.8 Å². The molecular weight excluding hydrogens is 328 g/mol. The number of carbonyl (C=O) groups is 1. The monoisotopic (exact) mass is 344 g/mol. The zero-order valence-electron chi connectivity index (χ0n) is 12.9. The third-order valence-corrected chi connectivity index (χ3v) is 5.60. The Kier molecular flexibility index (Phi) is 4.83. The fourth-order valence-electron chi connectivity index (χ4n) is 2.16. The molecule has 0 aromatic carbocycles. The van der Waals surface area contributed by atoms with Gasteiger partial charge in [-0.15, -0.1) is 22.7 Å². The molecule has 0 radical (unpaired) electrons. The molecular formula is C17H16N2O2S2. The quantitative estimate of drug-likeness (QED) is 0.640. The first-order chi connectivity index (χ1) is 11.2. The van der Waals surface area contributed by atoms with Crippen molar-refractivity contribution in [1.29, 1.82) is 0 Å². The van der Waals surface area contributed by atoms with Crippen molar-refractivity contribution in [2.75, 3.05) is 0 Å². The number of carbonyl (C=O) groups excluding carboxylic acids is 1. The van der Waals surface area contributed by atoms with Gasteiger partial charge in [-0.25, -0.2) is 9.78 Å². The SMILES string of the molecule is CCc1sc(C(=O)OCc2csc(-c3ccccn3)n2)cc1C. The zero-order valence-corrected chi connectivity index (χ0v) is 14.5. The number of ether oxygens (including phenoxy) is 1. The smallest absolute Gasteiger partial charge is 0.348 e. The van der Waals surface area contributed by atoms with Crippen LogP contribution in [0.4, 0.5) is 0 Å². The number of rotatable bonds is 5. The van der Waals surface area contributed by atoms with Crippen LogP contribution in [0.3, 0.4) is 0 Å². The molecule has 23 heavy (non-hydrogen) atoms. The van der Waals surface area contributed by atoms with Crippen LogP contribution in [0.5, 0.6) is 0 Å². The molecule has 0 unspecified atom stereocenters. The zero-order chi connectivity index (χ0) is 16.2. The van der Waals surface area contributed by atoms with E-state index in [1.165, 1.54) is 27.6 Å². The number of aryl methyl sites for hydroxylation is 2. The predicted molar refractivity (Wildman–Crippen MR) is 92.9 cm³/mol. The second kappa shape index (κ2) is 7.02. The van der Waals surface area contributed by atoms with Crippen LogP contribution in [0, 0.1) is 6.92 Å². The minimum Gasteiger partial charge on any atom is -0.455 e. The van der Waals surface area contributed by atoms with Gasteiger partial charge < -0.3 is 4.74 Å². The Bertz CT molecular complexity index is 809. The van der Waals surface area contributed by atoms with Crippen LogP contribution in [0.2, 0.25) is 0 Å². The van der Waals surface area contributed by atoms with E-state index in [0.29, 0.717) is 4.88 Å². The molecule has 0 aliphatic rings. The molecule has 0 fully saturated rings. The fraction of sp³-hybridized carbons (Fsp3) is 0.235. The molecule has 4 nitrogen and oxygen atoms in total. The van der Waals surface area contributed by atoms with E-state index < -0.39 is 0 Å². The van der Waals surface area contributed by atoms with Crippen molar-refractivity contribution in [3.05, 3.63) is 56.9 Å². The number of hydrogen-bond donors (Lipinski definition) is 0. The highest BCUT2D eigenvalue weighted by Crippen LogP contribution is 2.24. The van der Waals surface area contributed by atoms with Crippen LogP contribution in [-0.2, 0) is 17.8 Å². The van der Waals surface area contributed by atoms with E-state index in [4.69, 9.17) is 4.74 Å². The number of nitrogens with zero attached hydrogens (tertiary/aromatic N) is 2. The van der Waals surface area contributed by atoms with E-state index in [-0.39, 0.29) is 12.6 Å². The predicted octanol–water partition coefficient (Wildman–Crippen LogP) is 4.49. The lowest BCUT2D eigenvalue weighted by atomic mass is 10.2. The Hall–Kier alpha value is -2.05. The summed E-state index contributed by atoms with van der Waals surface area (Å²) in [6.45, 7) is 4.29. The molecule has 0 spiro atoms. The molecule has 3 aromatic heterocycles. The van der Waals surface area contributed by atoms with Gasteiger partial charge in [0.1, 0.15) is 16.5 Å². The minimum absolute atomic E-state index is 0.181. The summed E-state index contributed by atoms with van der Waals surface area (Å²) in [6.07, 6.45) is 2.67. The van der Waals surface area contributed by atoms with Crippen molar-refractivity contribution in [1.82, 2.24) is 9.97 Å².